The van der Waals surface area contributed by atoms with E-state index in [-0.39, 0.29) is 0 Å². The van der Waals surface area contributed by atoms with Crippen molar-refractivity contribution in [2.45, 2.75) is 38.6 Å². The molecule has 0 aromatic heterocycles. The summed E-state index contributed by atoms with van der Waals surface area (Å²) in [4.78, 5) is 13.7. The fraction of sp³-hybridized carbons (Fsp3) is 0.346. The molecule has 1 N–H and O–H groups in total. The Morgan fingerprint density at radius 2 is 1.97 bits per heavy atom. The third-order valence-electron chi connectivity index (χ3n) is 6.29. The third kappa shape index (κ3) is 4.19. The normalized spacial score (nSPS) is 17.8. The maximum absolute atomic E-state index is 11.3. The van der Waals surface area contributed by atoms with Gasteiger partial charge in [0.15, 0.2) is 0 Å². The third-order valence-corrected chi connectivity index (χ3v) is 6.29. The van der Waals surface area contributed by atoms with E-state index in [4.69, 9.17) is 4.74 Å². The van der Waals surface area contributed by atoms with Crippen LogP contribution in [0.2, 0.25) is 0 Å². The number of hydrogen-bond acceptors (Lipinski definition) is 3. The van der Waals surface area contributed by atoms with Crippen LogP contribution in [0.15, 0.2) is 60.7 Å². The molecule has 4 heteroatoms. The van der Waals surface area contributed by atoms with Crippen molar-refractivity contribution in [3.05, 3.63) is 77.4 Å². The summed E-state index contributed by atoms with van der Waals surface area (Å²) in [5, 5.41) is 11.9. The van der Waals surface area contributed by atoms with Gasteiger partial charge in [0.2, 0.25) is 0 Å². The Labute approximate surface area is 178 Å². The van der Waals surface area contributed by atoms with Crippen LogP contribution in [0.5, 0.6) is 0 Å². The number of morpholine rings is 1. The Morgan fingerprint density at radius 1 is 1.17 bits per heavy atom. The fourth-order valence-corrected chi connectivity index (χ4v) is 4.58. The Hall–Kier alpha value is -2.85. The predicted molar refractivity (Wildman–Crippen MR) is 122 cm³/mol. The Bertz CT molecular complexity index is 1040. The van der Waals surface area contributed by atoms with E-state index in [1.807, 2.05) is 19.1 Å². The highest BCUT2D eigenvalue weighted by atomic mass is 16.5. The smallest absolute Gasteiger partial charge is 0.335 e. The molecule has 3 aromatic carbocycles. The van der Waals surface area contributed by atoms with Crippen LogP contribution in [-0.4, -0.2) is 36.9 Å². The number of hydrogen-bond donors (Lipinski definition) is 1. The van der Waals surface area contributed by atoms with Crippen molar-refractivity contribution >= 4 is 22.4 Å². The number of rotatable bonds is 6. The molecule has 2 atom stereocenters. The number of carbonyl (C=O) groups is 1. The molecule has 0 radical (unpaired) electrons. The highest BCUT2D eigenvalue weighted by molar-refractivity contribution is 5.90. The summed E-state index contributed by atoms with van der Waals surface area (Å²) in [6.07, 6.45) is 2.11. The van der Waals surface area contributed by atoms with E-state index < -0.39 is 5.97 Å². The molecule has 4 rings (SSSR count). The first-order valence-electron chi connectivity index (χ1n) is 10.7. The van der Waals surface area contributed by atoms with Gasteiger partial charge in [-0.15, -0.1) is 0 Å². The van der Waals surface area contributed by atoms with Crippen LogP contribution in [0.1, 0.15) is 47.2 Å². The second-order valence-corrected chi connectivity index (χ2v) is 8.27. The van der Waals surface area contributed by atoms with Gasteiger partial charge in [-0.1, -0.05) is 49.4 Å². The van der Waals surface area contributed by atoms with E-state index in [1.165, 1.54) is 16.3 Å². The maximum Gasteiger partial charge on any atom is 0.335 e. The lowest BCUT2D eigenvalue weighted by molar-refractivity contribution is 0.0696. The van der Waals surface area contributed by atoms with Gasteiger partial charge in [0.05, 0.1) is 24.8 Å². The topological polar surface area (TPSA) is 49.8 Å². The summed E-state index contributed by atoms with van der Waals surface area (Å²) in [5.41, 5.74) is 3.66. The summed E-state index contributed by atoms with van der Waals surface area (Å²) in [7, 11) is 0. The van der Waals surface area contributed by atoms with Gasteiger partial charge < -0.3 is 14.7 Å². The monoisotopic (exact) mass is 403 g/mol. The lowest BCUT2D eigenvalue weighted by Crippen LogP contribution is -2.45. The standard InChI is InChI=1S/C26H29NO3/c1-18(23-9-5-7-20-6-3-4-8-25(20)23)10-11-22-17-30-15-14-27(22)21-12-13-24(26(28)29)19(2)16-21/h3-9,12-13,16,18,22H,10-11,14-15,17H2,1-2H3,(H,28,29)/t18-,22?/m0/s1. The minimum atomic E-state index is -0.874. The lowest BCUT2D eigenvalue weighted by Gasteiger charge is -2.38. The van der Waals surface area contributed by atoms with Gasteiger partial charge in [0.1, 0.15) is 0 Å². The van der Waals surface area contributed by atoms with E-state index in [9.17, 15) is 9.90 Å². The minimum absolute atomic E-state index is 0.297. The largest absolute Gasteiger partial charge is 0.478 e. The second kappa shape index (κ2) is 8.88. The first kappa shape index (κ1) is 20.4. The van der Waals surface area contributed by atoms with Crippen LogP contribution in [-0.2, 0) is 4.74 Å². The SMILES string of the molecule is Cc1cc(N2CCOCC2CC[C@H](C)c2cccc3ccccc23)ccc1C(=O)O. The van der Waals surface area contributed by atoms with E-state index in [1.54, 1.807) is 6.07 Å². The summed E-state index contributed by atoms with van der Waals surface area (Å²) in [5.74, 6) is -0.419. The van der Waals surface area contributed by atoms with Gasteiger partial charge in [-0.2, -0.15) is 0 Å². The molecule has 0 aliphatic carbocycles. The van der Waals surface area contributed by atoms with E-state index >= 15 is 0 Å². The molecule has 1 aliphatic heterocycles. The molecule has 0 bridgehead atoms. The van der Waals surface area contributed by atoms with Crippen molar-refractivity contribution in [2.24, 2.45) is 0 Å². The highest BCUT2D eigenvalue weighted by Crippen LogP contribution is 2.31. The van der Waals surface area contributed by atoms with Crippen molar-refractivity contribution in [1.82, 2.24) is 0 Å². The summed E-state index contributed by atoms with van der Waals surface area (Å²) < 4.78 is 5.80. The van der Waals surface area contributed by atoms with Gasteiger partial charge in [-0.05, 0) is 65.8 Å². The van der Waals surface area contributed by atoms with Crippen LogP contribution in [0.3, 0.4) is 0 Å². The molecule has 0 saturated carbocycles. The molecule has 156 valence electrons. The van der Waals surface area contributed by atoms with Crippen LogP contribution in [0.25, 0.3) is 10.8 Å². The molecule has 1 fully saturated rings. The fourth-order valence-electron chi connectivity index (χ4n) is 4.58. The van der Waals surface area contributed by atoms with E-state index in [0.717, 1.165) is 30.6 Å². The maximum atomic E-state index is 11.3. The zero-order chi connectivity index (χ0) is 21.1. The Morgan fingerprint density at radius 3 is 2.77 bits per heavy atom. The average molecular weight is 404 g/mol. The molecule has 0 spiro atoms. The predicted octanol–water partition coefficient (Wildman–Crippen LogP) is 5.64. The first-order valence-corrected chi connectivity index (χ1v) is 10.7. The number of aryl methyl sites for hydroxylation is 1. The number of aromatic carboxylic acids is 1. The molecule has 1 heterocycles. The van der Waals surface area contributed by atoms with E-state index in [0.29, 0.717) is 30.7 Å². The van der Waals surface area contributed by atoms with Crippen molar-refractivity contribution in [3.8, 4) is 0 Å². The van der Waals surface area contributed by atoms with Gasteiger partial charge in [-0.3, -0.25) is 0 Å². The zero-order valence-electron chi connectivity index (χ0n) is 17.7. The summed E-state index contributed by atoms with van der Waals surface area (Å²) in [6.45, 7) is 6.42. The number of fused-ring (bicyclic) bond motifs is 1. The highest BCUT2D eigenvalue weighted by Gasteiger charge is 2.25. The first-order chi connectivity index (χ1) is 14.5. The zero-order valence-corrected chi connectivity index (χ0v) is 17.7. The van der Waals surface area contributed by atoms with Crippen LogP contribution < -0.4 is 4.90 Å². The number of carboxylic acids is 1. The molecule has 3 aromatic rings. The van der Waals surface area contributed by atoms with Crippen molar-refractivity contribution in [1.29, 1.82) is 0 Å². The number of benzene rings is 3. The van der Waals surface area contributed by atoms with Gasteiger partial charge >= 0.3 is 5.97 Å². The summed E-state index contributed by atoms with van der Waals surface area (Å²) in [6, 6.07) is 21.1. The number of ether oxygens (including phenoxy) is 1. The number of nitrogens with zero attached hydrogens (tertiary/aromatic N) is 1. The van der Waals surface area contributed by atoms with E-state index in [2.05, 4.69) is 54.3 Å². The lowest BCUT2D eigenvalue weighted by atomic mass is 9.90. The molecule has 4 nitrogen and oxygen atoms in total. The van der Waals surface area contributed by atoms with Crippen LogP contribution in [0.4, 0.5) is 5.69 Å². The molecular weight excluding hydrogens is 374 g/mol. The average Bonchev–Trinajstić information content (AvgIpc) is 2.77. The quantitative estimate of drug-likeness (QED) is 0.579. The van der Waals surface area contributed by atoms with Gasteiger partial charge in [0.25, 0.3) is 0 Å². The van der Waals surface area contributed by atoms with Gasteiger partial charge in [0, 0.05) is 12.2 Å². The Kier molecular flexibility index (Phi) is 6.05. The van der Waals surface area contributed by atoms with Crippen molar-refractivity contribution < 1.29 is 14.6 Å². The Balaban J connectivity index is 1.50. The summed E-state index contributed by atoms with van der Waals surface area (Å²) >= 11 is 0. The molecule has 1 unspecified atom stereocenters. The van der Waals surface area contributed by atoms with Crippen molar-refractivity contribution in [3.63, 3.8) is 0 Å². The molecule has 0 amide bonds. The second-order valence-electron chi connectivity index (χ2n) is 8.27. The molecular formula is C26H29NO3. The van der Waals surface area contributed by atoms with Gasteiger partial charge in [-0.25, -0.2) is 4.79 Å². The van der Waals surface area contributed by atoms with Crippen molar-refractivity contribution in [2.75, 3.05) is 24.7 Å². The number of anilines is 1. The number of carboxylic acid groups (broad SMARTS) is 1. The molecule has 1 aliphatic rings. The van der Waals surface area contributed by atoms with Crippen LogP contribution >= 0.6 is 0 Å². The molecule has 1 saturated heterocycles. The van der Waals surface area contributed by atoms with Crippen LogP contribution in [0, 0.1) is 6.92 Å². The minimum Gasteiger partial charge on any atom is -0.478 e. The molecule has 30 heavy (non-hydrogen) atoms.